The zero-order valence-electron chi connectivity index (χ0n) is 5.69. The van der Waals surface area contributed by atoms with E-state index in [-0.39, 0.29) is 10.7 Å². The van der Waals surface area contributed by atoms with Crippen LogP contribution < -0.4 is 11.5 Å². The predicted molar refractivity (Wildman–Crippen MR) is 51.5 cm³/mol. The standard InChI is InChI=1S/C6H12N2S2/c1-3-5(7)9-10-6(8)4-2/h3-6H,1-2,7-8H2. The topological polar surface area (TPSA) is 52.0 Å². The molecule has 0 rings (SSSR count). The molecule has 0 aromatic rings. The van der Waals surface area contributed by atoms with Crippen molar-refractivity contribution in [3.05, 3.63) is 25.3 Å². The molecule has 0 aliphatic carbocycles. The summed E-state index contributed by atoms with van der Waals surface area (Å²) in [5, 5.41) is -0.0907. The summed E-state index contributed by atoms with van der Waals surface area (Å²) in [7, 11) is 2.98. The Morgan fingerprint density at radius 1 is 1.00 bits per heavy atom. The first-order valence-electron chi connectivity index (χ1n) is 2.79. The molecule has 2 atom stereocenters. The molecule has 0 heterocycles. The van der Waals surface area contributed by atoms with Crippen LogP contribution in [0.15, 0.2) is 25.3 Å². The summed E-state index contributed by atoms with van der Waals surface area (Å²) >= 11 is 0. The summed E-state index contributed by atoms with van der Waals surface area (Å²) < 4.78 is 0. The summed E-state index contributed by atoms with van der Waals surface area (Å²) in [5.74, 6) is 0. The van der Waals surface area contributed by atoms with Gasteiger partial charge < -0.3 is 11.5 Å². The quantitative estimate of drug-likeness (QED) is 0.377. The second-order valence-corrected chi connectivity index (χ2v) is 4.22. The fraction of sp³-hybridized carbons (Fsp3) is 0.333. The highest BCUT2D eigenvalue weighted by molar-refractivity contribution is 8.77. The van der Waals surface area contributed by atoms with E-state index < -0.39 is 0 Å². The fourth-order valence-corrected chi connectivity index (χ4v) is 1.86. The maximum Gasteiger partial charge on any atom is 0.0795 e. The molecule has 0 amide bonds. The van der Waals surface area contributed by atoms with Crippen molar-refractivity contribution in [3.8, 4) is 0 Å². The molecule has 10 heavy (non-hydrogen) atoms. The van der Waals surface area contributed by atoms with E-state index in [0.29, 0.717) is 0 Å². The molecule has 0 saturated carbocycles. The van der Waals surface area contributed by atoms with Crippen molar-refractivity contribution in [2.45, 2.75) is 10.7 Å². The number of rotatable bonds is 5. The first kappa shape index (κ1) is 10.1. The molecule has 0 aliphatic heterocycles. The van der Waals surface area contributed by atoms with Crippen LogP contribution in [-0.2, 0) is 0 Å². The van der Waals surface area contributed by atoms with Gasteiger partial charge in [0, 0.05) is 0 Å². The molecule has 0 spiro atoms. The fourth-order valence-electron chi connectivity index (χ4n) is 0.207. The lowest BCUT2D eigenvalue weighted by Crippen LogP contribution is -2.14. The lowest BCUT2D eigenvalue weighted by atomic mass is 10.7. The molecular weight excluding hydrogens is 164 g/mol. The normalized spacial score (nSPS) is 15.8. The Bertz CT molecular complexity index is 102. The van der Waals surface area contributed by atoms with Crippen LogP contribution in [0.2, 0.25) is 0 Å². The van der Waals surface area contributed by atoms with E-state index in [0.717, 1.165) is 0 Å². The second-order valence-electron chi connectivity index (χ2n) is 1.59. The lowest BCUT2D eigenvalue weighted by Gasteiger charge is -2.07. The van der Waals surface area contributed by atoms with Gasteiger partial charge in [0.2, 0.25) is 0 Å². The van der Waals surface area contributed by atoms with Crippen molar-refractivity contribution in [2.75, 3.05) is 0 Å². The van der Waals surface area contributed by atoms with Crippen LogP contribution in [0.4, 0.5) is 0 Å². The SMILES string of the molecule is C=CC(N)SSC(N)C=C. The van der Waals surface area contributed by atoms with Gasteiger partial charge in [-0.25, -0.2) is 0 Å². The average molecular weight is 176 g/mol. The maximum absolute atomic E-state index is 5.51. The molecule has 0 aliphatic rings. The maximum atomic E-state index is 5.51. The molecule has 4 N–H and O–H groups in total. The van der Waals surface area contributed by atoms with Crippen molar-refractivity contribution >= 4 is 21.6 Å². The minimum Gasteiger partial charge on any atom is -0.315 e. The van der Waals surface area contributed by atoms with Crippen molar-refractivity contribution in [1.82, 2.24) is 0 Å². The van der Waals surface area contributed by atoms with Crippen LogP contribution in [0.25, 0.3) is 0 Å². The Labute approximate surface area is 69.5 Å². The molecule has 0 radical (unpaired) electrons. The molecule has 2 nitrogen and oxygen atoms in total. The summed E-state index contributed by atoms with van der Waals surface area (Å²) in [4.78, 5) is 0. The zero-order valence-corrected chi connectivity index (χ0v) is 7.33. The van der Waals surface area contributed by atoms with Crippen molar-refractivity contribution < 1.29 is 0 Å². The predicted octanol–water partition coefficient (Wildman–Crippen LogP) is 1.31. The van der Waals surface area contributed by atoms with E-state index in [1.54, 1.807) is 12.2 Å². The van der Waals surface area contributed by atoms with Gasteiger partial charge in [0.25, 0.3) is 0 Å². The van der Waals surface area contributed by atoms with Crippen molar-refractivity contribution in [2.24, 2.45) is 11.5 Å². The van der Waals surface area contributed by atoms with Crippen molar-refractivity contribution in [3.63, 3.8) is 0 Å². The van der Waals surface area contributed by atoms with Gasteiger partial charge >= 0.3 is 0 Å². The monoisotopic (exact) mass is 176 g/mol. The van der Waals surface area contributed by atoms with E-state index in [1.807, 2.05) is 0 Å². The Balaban J connectivity index is 3.34. The number of nitrogens with two attached hydrogens (primary N) is 2. The van der Waals surface area contributed by atoms with Crippen molar-refractivity contribution in [1.29, 1.82) is 0 Å². The summed E-state index contributed by atoms with van der Waals surface area (Å²) in [6, 6.07) is 0. The molecule has 0 bridgehead atoms. The Morgan fingerprint density at radius 2 is 1.30 bits per heavy atom. The van der Waals surface area contributed by atoms with Crippen LogP contribution in [0.1, 0.15) is 0 Å². The van der Waals surface area contributed by atoms with Gasteiger partial charge in [-0.3, -0.25) is 0 Å². The summed E-state index contributed by atoms with van der Waals surface area (Å²) in [6.07, 6.45) is 3.35. The molecule has 0 aromatic heterocycles. The molecule has 2 unspecified atom stereocenters. The second kappa shape index (κ2) is 5.85. The Kier molecular flexibility index (Phi) is 5.91. The van der Waals surface area contributed by atoms with E-state index >= 15 is 0 Å². The van der Waals surface area contributed by atoms with Crippen LogP contribution in [0, 0.1) is 0 Å². The molecule has 0 saturated heterocycles. The summed E-state index contributed by atoms with van der Waals surface area (Å²) in [6.45, 7) is 7.08. The van der Waals surface area contributed by atoms with Gasteiger partial charge in [0.1, 0.15) is 0 Å². The summed E-state index contributed by atoms with van der Waals surface area (Å²) in [5.41, 5.74) is 11.0. The molecule has 0 fully saturated rings. The van der Waals surface area contributed by atoms with E-state index in [2.05, 4.69) is 13.2 Å². The average Bonchev–Trinajstić information content (AvgIpc) is 1.99. The minimum absolute atomic E-state index is 0.0454. The third kappa shape index (κ3) is 4.93. The highest BCUT2D eigenvalue weighted by Gasteiger charge is 2.00. The van der Waals surface area contributed by atoms with E-state index in [1.165, 1.54) is 21.6 Å². The first-order chi connectivity index (χ1) is 4.70. The van der Waals surface area contributed by atoms with E-state index in [9.17, 15) is 0 Å². The number of hydrogen-bond acceptors (Lipinski definition) is 4. The smallest absolute Gasteiger partial charge is 0.0795 e. The highest BCUT2D eigenvalue weighted by atomic mass is 33.1. The van der Waals surface area contributed by atoms with Crippen LogP contribution in [0.5, 0.6) is 0 Å². The lowest BCUT2D eigenvalue weighted by molar-refractivity contribution is 1.17. The molecule has 4 heteroatoms. The van der Waals surface area contributed by atoms with Gasteiger partial charge in [0.15, 0.2) is 0 Å². The van der Waals surface area contributed by atoms with Crippen LogP contribution >= 0.6 is 21.6 Å². The van der Waals surface area contributed by atoms with Gasteiger partial charge in [0.05, 0.1) is 10.7 Å². The largest absolute Gasteiger partial charge is 0.315 e. The number of hydrogen-bond donors (Lipinski definition) is 2. The van der Waals surface area contributed by atoms with E-state index in [4.69, 9.17) is 11.5 Å². The molecule has 0 aromatic carbocycles. The zero-order chi connectivity index (χ0) is 7.98. The van der Waals surface area contributed by atoms with Gasteiger partial charge in [-0.05, 0) is 0 Å². The third-order valence-electron chi connectivity index (χ3n) is 0.742. The first-order valence-corrected chi connectivity index (χ1v) is 5.06. The molecule has 58 valence electrons. The Morgan fingerprint density at radius 3 is 1.50 bits per heavy atom. The molecular formula is C6H12N2S2. The van der Waals surface area contributed by atoms with Gasteiger partial charge in [-0.2, -0.15) is 0 Å². The van der Waals surface area contributed by atoms with Crippen LogP contribution in [-0.4, -0.2) is 10.7 Å². The van der Waals surface area contributed by atoms with Crippen LogP contribution in [0.3, 0.4) is 0 Å². The highest BCUT2D eigenvalue weighted by Crippen LogP contribution is 2.27. The Hall–Kier alpha value is 0.100. The van der Waals surface area contributed by atoms with Gasteiger partial charge in [-0.15, -0.1) is 13.2 Å². The minimum atomic E-state index is -0.0454. The third-order valence-corrected chi connectivity index (χ3v) is 3.35. The van der Waals surface area contributed by atoms with Gasteiger partial charge in [-0.1, -0.05) is 33.7 Å².